The van der Waals surface area contributed by atoms with Gasteiger partial charge in [0, 0.05) is 54.3 Å². The zero-order valence-corrected chi connectivity index (χ0v) is 18.9. The van der Waals surface area contributed by atoms with Gasteiger partial charge in [-0.2, -0.15) is 4.31 Å². The molecule has 2 heterocycles. The number of nitro groups is 1. The number of aromatic nitrogens is 1. The first-order valence-electron chi connectivity index (χ1n) is 9.51. The first-order valence-corrected chi connectivity index (χ1v) is 12.2. The van der Waals surface area contributed by atoms with Crippen LogP contribution in [0.4, 0.5) is 5.69 Å². The highest BCUT2D eigenvalue weighted by molar-refractivity contribution is 7.89. The van der Waals surface area contributed by atoms with E-state index in [9.17, 15) is 23.3 Å². The summed E-state index contributed by atoms with van der Waals surface area (Å²) in [6.45, 7) is 0.691. The van der Waals surface area contributed by atoms with Crippen molar-refractivity contribution in [2.45, 2.75) is 4.90 Å². The van der Waals surface area contributed by atoms with Crippen molar-refractivity contribution in [3.05, 3.63) is 74.7 Å². The molecule has 0 bridgehead atoms. The Morgan fingerprint density at radius 3 is 2.25 bits per heavy atom. The number of hydrogen-bond acceptors (Lipinski definition) is 7. The number of benzene rings is 2. The number of carbonyl (C=O) groups excluding carboxylic acids is 1. The Bertz CT molecular complexity index is 1250. The van der Waals surface area contributed by atoms with Crippen molar-refractivity contribution in [3.63, 3.8) is 0 Å². The van der Waals surface area contributed by atoms with Crippen LogP contribution in [-0.4, -0.2) is 59.6 Å². The number of nitro benzene ring substituents is 1. The number of rotatable bonds is 5. The molecule has 0 saturated carbocycles. The van der Waals surface area contributed by atoms with Gasteiger partial charge in [0.2, 0.25) is 10.0 Å². The van der Waals surface area contributed by atoms with Crippen LogP contribution in [0.3, 0.4) is 0 Å². The molecule has 2 aromatic carbocycles. The van der Waals surface area contributed by atoms with E-state index in [1.807, 2.05) is 12.1 Å². The number of thiazole rings is 1. The SMILES string of the molecule is O=C(c1csc(-c2ccc(Cl)cc2)n1)N1CCN(S(=O)(=O)c2ccc([N+](=O)[O-])cc2)CC1. The molecular weight excluding hydrogens is 476 g/mol. The van der Waals surface area contributed by atoms with Crippen molar-refractivity contribution < 1.29 is 18.1 Å². The Morgan fingerprint density at radius 1 is 1.03 bits per heavy atom. The summed E-state index contributed by atoms with van der Waals surface area (Å²) in [5, 5.41) is 13.8. The molecule has 9 nitrogen and oxygen atoms in total. The van der Waals surface area contributed by atoms with E-state index >= 15 is 0 Å². The maximum absolute atomic E-state index is 12.8. The molecule has 3 aromatic rings. The molecular formula is C20H17ClN4O5S2. The predicted molar refractivity (Wildman–Crippen MR) is 120 cm³/mol. The van der Waals surface area contributed by atoms with Gasteiger partial charge in [-0.25, -0.2) is 13.4 Å². The fourth-order valence-corrected chi connectivity index (χ4v) is 5.63. The summed E-state index contributed by atoms with van der Waals surface area (Å²) < 4.78 is 26.9. The van der Waals surface area contributed by atoms with E-state index in [0.717, 1.165) is 17.7 Å². The van der Waals surface area contributed by atoms with Crippen LogP contribution in [0.5, 0.6) is 0 Å². The molecule has 1 saturated heterocycles. The molecule has 0 atom stereocenters. The number of sulfonamides is 1. The summed E-state index contributed by atoms with van der Waals surface area (Å²) in [7, 11) is -3.81. The van der Waals surface area contributed by atoms with Gasteiger partial charge >= 0.3 is 0 Å². The maximum Gasteiger partial charge on any atom is 0.273 e. The molecule has 1 aromatic heterocycles. The van der Waals surface area contributed by atoms with Gasteiger partial charge in [-0.15, -0.1) is 11.3 Å². The molecule has 1 amide bonds. The minimum atomic E-state index is -3.81. The van der Waals surface area contributed by atoms with E-state index in [-0.39, 0.29) is 42.7 Å². The fourth-order valence-electron chi connectivity index (χ4n) is 3.28. The quantitative estimate of drug-likeness (QED) is 0.397. The van der Waals surface area contributed by atoms with Crippen LogP contribution >= 0.6 is 22.9 Å². The van der Waals surface area contributed by atoms with Crippen molar-refractivity contribution >= 4 is 44.6 Å². The average molecular weight is 493 g/mol. The number of halogens is 1. The smallest absolute Gasteiger partial charge is 0.273 e. The lowest BCUT2D eigenvalue weighted by atomic mass is 10.2. The van der Waals surface area contributed by atoms with Crippen LogP contribution in [0.15, 0.2) is 58.8 Å². The van der Waals surface area contributed by atoms with Crippen LogP contribution in [0.25, 0.3) is 10.6 Å². The number of piperazine rings is 1. The Kier molecular flexibility index (Phi) is 6.24. The third kappa shape index (κ3) is 4.51. The second-order valence-corrected chi connectivity index (χ2v) is 10.2. The Hall–Kier alpha value is -2.86. The average Bonchev–Trinajstić information content (AvgIpc) is 3.29. The number of nitrogens with zero attached hydrogens (tertiary/aromatic N) is 4. The van der Waals surface area contributed by atoms with Crippen molar-refractivity contribution in [2.75, 3.05) is 26.2 Å². The first-order chi connectivity index (χ1) is 15.3. The van der Waals surface area contributed by atoms with Gasteiger partial charge in [-0.05, 0) is 24.3 Å². The lowest BCUT2D eigenvalue weighted by Crippen LogP contribution is -2.50. The molecule has 0 N–H and O–H groups in total. The summed E-state index contributed by atoms with van der Waals surface area (Å²) >= 11 is 7.26. The number of non-ortho nitro benzene ring substituents is 1. The second-order valence-electron chi connectivity index (χ2n) is 6.99. The summed E-state index contributed by atoms with van der Waals surface area (Å²) in [5.74, 6) is -0.256. The van der Waals surface area contributed by atoms with Crippen LogP contribution in [0.1, 0.15) is 10.5 Å². The summed E-state index contributed by atoms with van der Waals surface area (Å²) in [4.78, 5) is 29.0. The number of carbonyl (C=O) groups is 1. The third-order valence-corrected chi connectivity index (χ3v) is 8.08. The lowest BCUT2D eigenvalue weighted by Gasteiger charge is -2.33. The van der Waals surface area contributed by atoms with Gasteiger partial charge in [0.15, 0.2) is 0 Å². The van der Waals surface area contributed by atoms with Gasteiger partial charge in [0.05, 0.1) is 9.82 Å². The minimum absolute atomic E-state index is 0.0185. The van der Waals surface area contributed by atoms with E-state index in [0.29, 0.717) is 15.7 Å². The fraction of sp³-hybridized carbons (Fsp3) is 0.200. The second kappa shape index (κ2) is 8.94. The monoisotopic (exact) mass is 492 g/mol. The van der Waals surface area contributed by atoms with Gasteiger partial charge < -0.3 is 4.90 Å². The van der Waals surface area contributed by atoms with Crippen molar-refractivity contribution in [1.29, 1.82) is 0 Å². The van der Waals surface area contributed by atoms with Gasteiger partial charge in [0.25, 0.3) is 11.6 Å². The number of amides is 1. The van der Waals surface area contributed by atoms with E-state index in [1.165, 1.54) is 27.8 Å². The summed E-state index contributed by atoms with van der Waals surface area (Å²) in [6, 6.07) is 11.9. The molecule has 4 rings (SSSR count). The molecule has 1 aliphatic rings. The Labute approximate surface area is 193 Å². The van der Waals surface area contributed by atoms with Crippen LogP contribution in [-0.2, 0) is 10.0 Å². The maximum atomic E-state index is 12.8. The zero-order chi connectivity index (χ0) is 22.9. The topological polar surface area (TPSA) is 114 Å². The molecule has 1 fully saturated rings. The van der Waals surface area contributed by atoms with Crippen molar-refractivity contribution in [2.24, 2.45) is 0 Å². The van der Waals surface area contributed by atoms with E-state index in [4.69, 9.17) is 11.6 Å². The highest BCUT2D eigenvalue weighted by Gasteiger charge is 2.31. The summed E-state index contributed by atoms with van der Waals surface area (Å²) in [5.41, 5.74) is 0.990. The molecule has 0 spiro atoms. The lowest BCUT2D eigenvalue weighted by molar-refractivity contribution is -0.384. The molecule has 0 unspecified atom stereocenters. The number of hydrogen-bond donors (Lipinski definition) is 0. The largest absolute Gasteiger partial charge is 0.335 e. The predicted octanol–water partition coefficient (Wildman–Crippen LogP) is 3.52. The third-order valence-electron chi connectivity index (χ3n) is 5.03. The molecule has 12 heteroatoms. The van der Waals surface area contributed by atoms with Crippen LogP contribution < -0.4 is 0 Å². The summed E-state index contributed by atoms with van der Waals surface area (Å²) in [6.07, 6.45) is 0. The van der Waals surface area contributed by atoms with Crippen molar-refractivity contribution in [1.82, 2.24) is 14.2 Å². The Morgan fingerprint density at radius 2 is 1.66 bits per heavy atom. The highest BCUT2D eigenvalue weighted by Crippen LogP contribution is 2.26. The van der Waals surface area contributed by atoms with Crippen molar-refractivity contribution in [3.8, 4) is 10.6 Å². The van der Waals surface area contributed by atoms with E-state index in [1.54, 1.807) is 22.4 Å². The Balaban J connectivity index is 1.41. The first kappa shape index (κ1) is 22.3. The standard InChI is InChI=1S/C20H17ClN4O5S2/c21-15-3-1-14(2-4-15)19-22-18(13-31-19)20(26)23-9-11-24(12-10-23)32(29,30)17-7-5-16(6-8-17)25(27)28/h1-8,13H,9-12H2. The zero-order valence-electron chi connectivity index (χ0n) is 16.5. The van der Waals surface area contributed by atoms with Crippen LogP contribution in [0, 0.1) is 10.1 Å². The van der Waals surface area contributed by atoms with E-state index in [2.05, 4.69) is 4.98 Å². The minimum Gasteiger partial charge on any atom is -0.335 e. The van der Waals surface area contributed by atoms with Gasteiger partial charge in [-0.1, -0.05) is 23.7 Å². The van der Waals surface area contributed by atoms with E-state index < -0.39 is 14.9 Å². The van der Waals surface area contributed by atoms with Crippen LogP contribution in [0.2, 0.25) is 5.02 Å². The molecule has 0 radical (unpaired) electrons. The van der Waals surface area contributed by atoms with Gasteiger partial charge in [0.1, 0.15) is 10.7 Å². The molecule has 166 valence electrons. The highest BCUT2D eigenvalue weighted by atomic mass is 35.5. The molecule has 0 aliphatic carbocycles. The molecule has 32 heavy (non-hydrogen) atoms. The molecule has 1 aliphatic heterocycles. The normalized spacial score (nSPS) is 15.0. The van der Waals surface area contributed by atoms with Gasteiger partial charge in [-0.3, -0.25) is 14.9 Å².